The molecule has 1 aromatic carbocycles. The van der Waals surface area contributed by atoms with Crippen LogP contribution in [0.15, 0.2) is 18.2 Å². The molecule has 5 heteroatoms. The van der Waals surface area contributed by atoms with Crippen molar-refractivity contribution in [1.82, 2.24) is 4.90 Å². The first-order valence-electron chi connectivity index (χ1n) is 6.45. The Kier molecular flexibility index (Phi) is 2.74. The smallest absolute Gasteiger partial charge is 0.254 e. The number of ether oxygens (including phenoxy) is 1. The minimum absolute atomic E-state index is 0.0904. The van der Waals surface area contributed by atoms with Gasteiger partial charge in [0.1, 0.15) is 0 Å². The molecule has 0 bridgehead atoms. The van der Waals surface area contributed by atoms with Gasteiger partial charge in [-0.05, 0) is 37.0 Å². The Morgan fingerprint density at radius 3 is 2.74 bits per heavy atom. The van der Waals surface area contributed by atoms with Crippen LogP contribution in [0.2, 0.25) is 0 Å². The van der Waals surface area contributed by atoms with Crippen LogP contribution in [0.25, 0.3) is 0 Å². The summed E-state index contributed by atoms with van der Waals surface area (Å²) in [6, 6.07) is 4.17. The van der Waals surface area contributed by atoms with Crippen LogP contribution in [-0.2, 0) is 0 Å². The van der Waals surface area contributed by atoms with Gasteiger partial charge in [-0.25, -0.2) is 4.39 Å². The van der Waals surface area contributed by atoms with Crippen molar-refractivity contribution in [2.24, 2.45) is 11.7 Å². The molecule has 1 saturated carbocycles. The fourth-order valence-corrected chi connectivity index (χ4v) is 2.70. The summed E-state index contributed by atoms with van der Waals surface area (Å²) in [5.74, 6) is 0.0840. The Morgan fingerprint density at radius 2 is 2.16 bits per heavy atom. The number of amides is 1. The van der Waals surface area contributed by atoms with E-state index >= 15 is 0 Å². The van der Waals surface area contributed by atoms with E-state index in [1.165, 1.54) is 38.2 Å². The first-order chi connectivity index (χ1) is 9.03. The molecule has 1 heterocycles. The highest BCUT2D eigenvalue weighted by Gasteiger charge is 2.51. The van der Waals surface area contributed by atoms with Gasteiger partial charge in [-0.1, -0.05) is 0 Å². The second-order valence-electron chi connectivity index (χ2n) is 5.52. The van der Waals surface area contributed by atoms with E-state index in [4.69, 9.17) is 10.5 Å². The third-order valence-electron chi connectivity index (χ3n) is 4.05. The number of benzene rings is 1. The second-order valence-corrected chi connectivity index (χ2v) is 5.52. The predicted molar refractivity (Wildman–Crippen MR) is 68.5 cm³/mol. The Hall–Kier alpha value is -1.62. The molecule has 0 aromatic heterocycles. The molecule has 2 N–H and O–H groups in total. The summed E-state index contributed by atoms with van der Waals surface area (Å²) in [4.78, 5) is 13.9. The molecule has 1 aromatic rings. The van der Waals surface area contributed by atoms with Gasteiger partial charge in [-0.15, -0.1) is 0 Å². The van der Waals surface area contributed by atoms with E-state index in [2.05, 4.69) is 0 Å². The Labute approximate surface area is 111 Å². The molecule has 102 valence electrons. The lowest BCUT2D eigenvalue weighted by molar-refractivity contribution is 0.0350. The van der Waals surface area contributed by atoms with Gasteiger partial charge >= 0.3 is 0 Å². The summed E-state index contributed by atoms with van der Waals surface area (Å²) in [5.41, 5.74) is 6.46. The van der Waals surface area contributed by atoms with E-state index in [1.54, 1.807) is 4.90 Å². The SMILES string of the molecule is COc1cc(C(=O)N2CC(N)(C3CC3)C2)ccc1F. The van der Waals surface area contributed by atoms with Crippen LogP contribution in [0, 0.1) is 11.7 Å². The van der Waals surface area contributed by atoms with Crippen molar-refractivity contribution in [3.63, 3.8) is 0 Å². The molecule has 19 heavy (non-hydrogen) atoms. The number of hydrogen-bond donors (Lipinski definition) is 1. The van der Waals surface area contributed by atoms with Gasteiger partial charge in [0.2, 0.25) is 0 Å². The maximum atomic E-state index is 13.3. The van der Waals surface area contributed by atoms with E-state index in [9.17, 15) is 9.18 Å². The number of hydrogen-bond acceptors (Lipinski definition) is 3. The van der Waals surface area contributed by atoms with Crippen molar-refractivity contribution in [3.05, 3.63) is 29.6 Å². The van der Waals surface area contributed by atoms with E-state index in [0.717, 1.165) is 0 Å². The Morgan fingerprint density at radius 1 is 1.47 bits per heavy atom. The summed E-state index contributed by atoms with van der Waals surface area (Å²) in [7, 11) is 1.38. The van der Waals surface area contributed by atoms with Gasteiger partial charge in [-0.3, -0.25) is 4.79 Å². The maximum absolute atomic E-state index is 13.3. The largest absolute Gasteiger partial charge is 0.494 e. The van der Waals surface area contributed by atoms with Crippen LogP contribution >= 0.6 is 0 Å². The van der Waals surface area contributed by atoms with Crippen LogP contribution in [0.1, 0.15) is 23.2 Å². The molecule has 4 nitrogen and oxygen atoms in total. The second kappa shape index (κ2) is 4.20. The summed E-state index contributed by atoms with van der Waals surface area (Å²) in [5, 5.41) is 0. The van der Waals surface area contributed by atoms with Gasteiger partial charge in [0.15, 0.2) is 11.6 Å². The van der Waals surface area contributed by atoms with Gasteiger partial charge in [0.05, 0.1) is 12.6 Å². The third kappa shape index (κ3) is 2.08. The van der Waals surface area contributed by atoms with Gasteiger partial charge in [0.25, 0.3) is 5.91 Å². The monoisotopic (exact) mass is 264 g/mol. The highest BCUT2D eigenvalue weighted by atomic mass is 19.1. The Bertz CT molecular complexity index is 522. The van der Waals surface area contributed by atoms with Crippen molar-refractivity contribution >= 4 is 5.91 Å². The zero-order valence-corrected chi connectivity index (χ0v) is 10.9. The molecule has 1 saturated heterocycles. The molecule has 1 aliphatic carbocycles. The normalized spacial score (nSPS) is 20.9. The summed E-state index contributed by atoms with van der Waals surface area (Å²) < 4.78 is 18.2. The van der Waals surface area contributed by atoms with Crippen molar-refractivity contribution in [3.8, 4) is 5.75 Å². The zero-order chi connectivity index (χ0) is 13.6. The van der Waals surface area contributed by atoms with Crippen molar-refractivity contribution in [1.29, 1.82) is 0 Å². The molecule has 1 amide bonds. The molecular formula is C14H17FN2O2. The molecule has 1 aliphatic heterocycles. The molecule has 3 rings (SSSR count). The molecule has 0 radical (unpaired) electrons. The van der Waals surface area contributed by atoms with E-state index < -0.39 is 5.82 Å². The fraction of sp³-hybridized carbons (Fsp3) is 0.500. The van der Waals surface area contributed by atoms with Crippen LogP contribution in [0.4, 0.5) is 4.39 Å². The summed E-state index contributed by atoms with van der Waals surface area (Å²) in [6.45, 7) is 1.19. The van der Waals surface area contributed by atoms with Gasteiger partial charge < -0.3 is 15.4 Å². The predicted octanol–water partition coefficient (Wildman–Crippen LogP) is 1.40. The molecule has 0 unspecified atom stereocenters. The summed E-state index contributed by atoms with van der Waals surface area (Å²) in [6.07, 6.45) is 2.34. The molecule has 0 atom stereocenters. The van der Waals surface area contributed by atoms with Crippen LogP contribution in [0.3, 0.4) is 0 Å². The van der Waals surface area contributed by atoms with Gasteiger partial charge in [-0.2, -0.15) is 0 Å². The maximum Gasteiger partial charge on any atom is 0.254 e. The fourth-order valence-electron chi connectivity index (χ4n) is 2.70. The number of halogens is 1. The van der Waals surface area contributed by atoms with Crippen molar-refractivity contribution in [2.75, 3.05) is 20.2 Å². The average Bonchev–Trinajstić information content (AvgIpc) is 3.19. The number of nitrogens with two attached hydrogens (primary N) is 1. The average molecular weight is 264 g/mol. The third-order valence-corrected chi connectivity index (χ3v) is 4.05. The molecular weight excluding hydrogens is 247 g/mol. The Balaban J connectivity index is 1.71. The van der Waals surface area contributed by atoms with E-state index in [1.807, 2.05) is 0 Å². The van der Waals surface area contributed by atoms with Crippen LogP contribution in [-0.4, -0.2) is 36.5 Å². The first kappa shape index (κ1) is 12.4. The molecule has 2 aliphatic rings. The number of nitrogens with zero attached hydrogens (tertiary/aromatic N) is 1. The number of methoxy groups -OCH3 is 1. The minimum atomic E-state index is -0.464. The minimum Gasteiger partial charge on any atom is -0.494 e. The van der Waals surface area contributed by atoms with Crippen molar-refractivity contribution in [2.45, 2.75) is 18.4 Å². The van der Waals surface area contributed by atoms with E-state index in [-0.39, 0.29) is 17.2 Å². The number of carbonyl (C=O) groups excluding carboxylic acids is 1. The molecule has 2 fully saturated rings. The molecule has 0 spiro atoms. The summed E-state index contributed by atoms with van der Waals surface area (Å²) >= 11 is 0. The number of rotatable bonds is 3. The quantitative estimate of drug-likeness (QED) is 0.897. The highest BCUT2D eigenvalue weighted by Crippen LogP contribution is 2.43. The highest BCUT2D eigenvalue weighted by molar-refractivity contribution is 5.95. The number of likely N-dealkylation sites (tertiary alicyclic amines) is 1. The van der Waals surface area contributed by atoms with Crippen LogP contribution in [0.5, 0.6) is 5.75 Å². The van der Waals surface area contributed by atoms with Gasteiger partial charge in [0, 0.05) is 18.7 Å². The lowest BCUT2D eigenvalue weighted by atomic mass is 9.85. The first-order valence-corrected chi connectivity index (χ1v) is 6.45. The zero-order valence-electron chi connectivity index (χ0n) is 10.9. The van der Waals surface area contributed by atoms with Crippen LogP contribution < -0.4 is 10.5 Å². The van der Waals surface area contributed by atoms with E-state index in [0.29, 0.717) is 24.6 Å². The lowest BCUT2D eigenvalue weighted by Crippen LogP contribution is -2.69. The number of carbonyl (C=O) groups is 1. The topological polar surface area (TPSA) is 55.6 Å². The lowest BCUT2D eigenvalue weighted by Gasteiger charge is -2.48. The standard InChI is InChI=1S/C14H17FN2O2/c1-19-12-6-9(2-5-11(12)15)13(18)17-7-14(16,8-17)10-3-4-10/h2,5-6,10H,3-4,7-8,16H2,1H3. The van der Waals surface area contributed by atoms with Crippen molar-refractivity contribution < 1.29 is 13.9 Å².